The molecular weight excluding hydrogens is 328 g/mol. The van der Waals surface area contributed by atoms with Crippen LogP contribution in [0.25, 0.3) is 0 Å². The lowest BCUT2D eigenvalue weighted by Crippen LogP contribution is -2.23. The second kappa shape index (κ2) is 8.15. The number of hydrogen-bond donors (Lipinski definition) is 1. The molecule has 3 nitrogen and oxygen atoms in total. The molecule has 0 fully saturated rings. The van der Waals surface area contributed by atoms with Gasteiger partial charge in [0.2, 0.25) is 0 Å². The van der Waals surface area contributed by atoms with Crippen LogP contribution in [0.4, 0.5) is 0 Å². The molecule has 0 amide bonds. The summed E-state index contributed by atoms with van der Waals surface area (Å²) in [5, 5.41) is 3.52. The fraction of sp³-hybridized carbons (Fsp3) is 0.353. The minimum Gasteiger partial charge on any atom is -0.494 e. The summed E-state index contributed by atoms with van der Waals surface area (Å²) < 4.78 is 6.60. The van der Waals surface area contributed by atoms with Gasteiger partial charge < -0.3 is 10.1 Å². The highest BCUT2D eigenvalue weighted by Gasteiger charge is 2.12. The third-order valence-corrected chi connectivity index (χ3v) is 3.69. The van der Waals surface area contributed by atoms with Crippen LogP contribution in [0.2, 0.25) is 0 Å². The molecule has 0 aliphatic carbocycles. The van der Waals surface area contributed by atoms with Crippen LogP contribution in [0, 0.1) is 0 Å². The van der Waals surface area contributed by atoms with Crippen molar-refractivity contribution in [1.82, 2.24) is 10.3 Å². The Kier molecular flexibility index (Phi) is 6.21. The largest absolute Gasteiger partial charge is 0.494 e. The monoisotopic (exact) mass is 348 g/mol. The van der Waals surface area contributed by atoms with Gasteiger partial charge >= 0.3 is 0 Å². The first-order valence-electron chi connectivity index (χ1n) is 7.29. The van der Waals surface area contributed by atoms with Crippen molar-refractivity contribution in [2.45, 2.75) is 26.3 Å². The maximum absolute atomic E-state index is 5.59. The summed E-state index contributed by atoms with van der Waals surface area (Å²) in [5.74, 6) is 0.918. The predicted octanol–water partition coefficient (Wildman–Crippen LogP) is 4.14. The smallest absolute Gasteiger partial charge is 0.119 e. The van der Waals surface area contributed by atoms with Crippen molar-refractivity contribution in [2.75, 3.05) is 13.2 Å². The summed E-state index contributed by atoms with van der Waals surface area (Å²) in [6.07, 6.45) is 2.70. The SMILES string of the molecule is CCNC(Cc1ccc(Br)cn1)c1cccc(OCC)c1. The number of aromatic nitrogens is 1. The van der Waals surface area contributed by atoms with Gasteiger partial charge in [-0.05, 0) is 59.2 Å². The van der Waals surface area contributed by atoms with Crippen LogP contribution < -0.4 is 10.1 Å². The molecule has 21 heavy (non-hydrogen) atoms. The Labute approximate surface area is 134 Å². The van der Waals surface area contributed by atoms with E-state index in [0.717, 1.165) is 28.9 Å². The fourth-order valence-corrected chi connectivity index (χ4v) is 2.51. The standard InChI is InChI=1S/C17H21BrN2O/c1-3-19-17(11-15-9-8-14(18)12-20-15)13-6-5-7-16(10-13)21-4-2/h5-10,12,17,19H,3-4,11H2,1-2H3. The van der Waals surface area contributed by atoms with Gasteiger partial charge in [-0.2, -0.15) is 0 Å². The lowest BCUT2D eigenvalue weighted by molar-refractivity contribution is 0.339. The van der Waals surface area contributed by atoms with Crippen molar-refractivity contribution in [3.8, 4) is 5.75 Å². The van der Waals surface area contributed by atoms with Crippen molar-refractivity contribution >= 4 is 15.9 Å². The van der Waals surface area contributed by atoms with Gasteiger partial charge in [-0.1, -0.05) is 19.1 Å². The van der Waals surface area contributed by atoms with Crippen LogP contribution in [-0.4, -0.2) is 18.1 Å². The molecule has 4 heteroatoms. The summed E-state index contributed by atoms with van der Waals surface area (Å²) in [4.78, 5) is 4.47. The summed E-state index contributed by atoms with van der Waals surface area (Å²) in [6.45, 7) is 5.72. The molecule has 0 saturated carbocycles. The highest BCUT2D eigenvalue weighted by molar-refractivity contribution is 9.10. The maximum Gasteiger partial charge on any atom is 0.119 e. The number of likely N-dealkylation sites (N-methyl/N-ethyl adjacent to an activating group) is 1. The van der Waals surface area contributed by atoms with Gasteiger partial charge in [0.25, 0.3) is 0 Å². The lowest BCUT2D eigenvalue weighted by Gasteiger charge is -2.19. The third-order valence-electron chi connectivity index (χ3n) is 3.22. The quantitative estimate of drug-likeness (QED) is 0.816. The molecule has 1 heterocycles. The molecule has 0 saturated heterocycles. The summed E-state index contributed by atoms with van der Waals surface area (Å²) in [6, 6.07) is 12.6. The molecule has 1 aromatic heterocycles. The fourth-order valence-electron chi connectivity index (χ4n) is 2.28. The van der Waals surface area contributed by atoms with Crippen LogP contribution in [-0.2, 0) is 6.42 Å². The first-order valence-corrected chi connectivity index (χ1v) is 8.08. The summed E-state index contributed by atoms with van der Waals surface area (Å²) >= 11 is 3.42. The number of rotatable bonds is 7. The topological polar surface area (TPSA) is 34.2 Å². The molecular formula is C17H21BrN2O. The Balaban J connectivity index is 2.17. The van der Waals surface area contributed by atoms with E-state index < -0.39 is 0 Å². The molecule has 112 valence electrons. The molecule has 0 spiro atoms. The normalized spacial score (nSPS) is 12.1. The van der Waals surface area contributed by atoms with E-state index in [2.05, 4.69) is 51.4 Å². The van der Waals surface area contributed by atoms with Crippen molar-refractivity contribution in [3.63, 3.8) is 0 Å². The van der Waals surface area contributed by atoms with Crippen molar-refractivity contribution < 1.29 is 4.74 Å². The van der Waals surface area contributed by atoms with Gasteiger partial charge in [0, 0.05) is 28.8 Å². The highest BCUT2D eigenvalue weighted by Crippen LogP contribution is 2.22. The molecule has 1 atom stereocenters. The Morgan fingerprint density at radius 2 is 2.10 bits per heavy atom. The highest BCUT2D eigenvalue weighted by atomic mass is 79.9. The zero-order valence-electron chi connectivity index (χ0n) is 12.5. The van der Waals surface area contributed by atoms with Crippen molar-refractivity contribution in [1.29, 1.82) is 0 Å². The Hall–Kier alpha value is -1.39. The number of benzene rings is 1. The van der Waals surface area contributed by atoms with Gasteiger partial charge in [-0.25, -0.2) is 0 Å². The average molecular weight is 349 g/mol. The van der Waals surface area contributed by atoms with Crippen molar-refractivity contribution in [3.05, 3.63) is 58.3 Å². The van der Waals surface area contributed by atoms with Gasteiger partial charge in [0.1, 0.15) is 5.75 Å². The second-order valence-electron chi connectivity index (χ2n) is 4.79. The average Bonchev–Trinajstić information content (AvgIpc) is 2.50. The number of ether oxygens (including phenoxy) is 1. The number of nitrogens with zero attached hydrogens (tertiary/aromatic N) is 1. The van der Waals surface area contributed by atoms with E-state index in [9.17, 15) is 0 Å². The summed E-state index contributed by atoms with van der Waals surface area (Å²) in [7, 11) is 0. The van der Waals surface area contributed by atoms with Gasteiger partial charge in [0.05, 0.1) is 6.61 Å². The lowest BCUT2D eigenvalue weighted by atomic mass is 10.0. The van der Waals surface area contributed by atoms with E-state index in [-0.39, 0.29) is 6.04 Å². The number of hydrogen-bond acceptors (Lipinski definition) is 3. The van der Waals surface area contributed by atoms with E-state index in [0.29, 0.717) is 6.61 Å². The number of pyridine rings is 1. The van der Waals surface area contributed by atoms with E-state index in [1.807, 2.05) is 31.3 Å². The van der Waals surface area contributed by atoms with Crippen LogP contribution in [0.1, 0.15) is 31.1 Å². The molecule has 0 bridgehead atoms. The van der Waals surface area contributed by atoms with Gasteiger partial charge in [0.15, 0.2) is 0 Å². The zero-order valence-corrected chi connectivity index (χ0v) is 14.1. The van der Waals surface area contributed by atoms with Crippen LogP contribution in [0.15, 0.2) is 47.1 Å². The molecule has 0 aliphatic rings. The van der Waals surface area contributed by atoms with Gasteiger partial charge in [-0.3, -0.25) is 4.98 Å². The molecule has 1 aromatic carbocycles. The molecule has 0 radical (unpaired) electrons. The molecule has 1 unspecified atom stereocenters. The van der Waals surface area contributed by atoms with E-state index >= 15 is 0 Å². The summed E-state index contributed by atoms with van der Waals surface area (Å²) in [5.41, 5.74) is 2.30. The molecule has 0 aliphatic heterocycles. The van der Waals surface area contributed by atoms with Crippen LogP contribution >= 0.6 is 15.9 Å². The second-order valence-corrected chi connectivity index (χ2v) is 5.70. The molecule has 1 N–H and O–H groups in total. The predicted molar refractivity (Wildman–Crippen MR) is 89.7 cm³/mol. The first kappa shape index (κ1) is 16.0. The minimum absolute atomic E-state index is 0.240. The number of nitrogens with one attached hydrogen (secondary N) is 1. The Morgan fingerprint density at radius 3 is 2.76 bits per heavy atom. The minimum atomic E-state index is 0.240. The maximum atomic E-state index is 5.59. The zero-order chi connectivity index (χ0) is 15.1. The first-order chi connectivity index (χ1) is 10.2. The van der Waals surface area contributed by atoms with Crippen LogP contribution in [0.3, 0.4) is 0 Å². The Bertz CT molecular complexity index is 557. The van der Waals surface area contributed by atoms with E-state index in [1.54, 1.807) is 0 Å². The van der Waals surface area contributed by atoms with E-state index in [4.69, 9.17) is 4.74 Å². The Morgan fingerprint density at radius 1 is 1.24 bits per heavy atom. The number of halogens is 1. The van der Waals surface area contributed by atoms with Gasteiger partial charge in [-0.15, -0.1) is 0 Å². The van der Waals surface area contributed by atoms with E-state index in [1.165, 1.54) is 5.56 Å². The van der Waals surface area contributed by atoms with Crippen molar-refractivity contribution in [2.24, 2.45) is 0 Å². The van der Waals surface area contributed by atoms with Crippen LogP contribution in [0.5, 0.6) is 5.75 Å². The molecule has 2 aromatic rings. The third kappa shape index (κ3) is 4.83. The molecule has 2 rings (SSSR count).